The minimum absolute atomic E-state index is 0.0351. The summed E-state index contributed by atoms with van der Waals surface area (Å²) in [5.41, 5.74) is 2.34. The summed E-state index contributed by atoms with van der Waals surface area (Å²) >= 11 is 5.97. The average Bonchev–Trinajstić information content (AvgIpc) is 3.71. The van der Waals surface area contributed by atoms with Crippen molar-refractivity contribution in [3.05, 3.63) is 90.7 Å². The second-order valence-corrected chi connectivity index (χ2v) is 10.2. The quantitative estimate of drug-likeness (QED) is 0.386. The van der Waals surface area contributed by atoms with Crippen LogP contribution in [0.4, 0.5) is 4.39 Å². The van der Waals surface area contributed by atoms with E-state index in [1.54, 1.807) is 17.6 Å². The van der Waals surface area contributed by atoms with E-state index in [1.165, 1.54) is 16.7 Å². The first kappa shape index (κ1) is 23.9. The zero-order chi connectivity index (χ0) is 25.8. The summed E-state index contributed by atoms with van der Waals surface area (Å²) in [7, 11) is 0. The highest BCUT2D eigenvalue weighted by Gasteiger charge is 2.31. The van der Waals surface area contributed by atoms with Crippen LogP contribution in [0, 0.1) is 19.7 Å². The molecule has 1 saturated carbocycles. The van der Waals surface area contributed by atoms with Gasteiger partial charge in [0, 0.05) is 35.9 Å². The molecule has 2 aliphatic rings. The van der Waals surface area contributed by atoms with Crippen LogP contribution in [0.15, 0.2) is 46.1 Å². The molecule has 10 heteroatoms. The maximum Gasteiger partial charge on any atom is 0.278 e. The maximum atomic E-state index is 15.0. The van der Waals surface area contributed by atoms with Crippen LogP contribution >= 0.6 is 11.6 Å². The number of hydrogen-bond acceptors (Lipinski definition) is 6. The Morgan fingerprint density at radius 3 is 2.54 bits per heavy atom. The summed E-state index contributed by atoms with van der Waals surface area (Å²) in [5, 5.41) is 0.224. The van der Waals surface area contributed by atoms with Gasteiger partial charge in [0.2, 0.25) is 0 Å². The van der Waals surface area contributed by atoms with Crippen LogP contribution in [-0.4, -0.2) is 30.7 Å². The molecule has 1 aliphatic heterocycles. The number of aromatic nitrogens is 5. The lowest BCUT2D eigenvalue weighted by atomic mass is 9.89. The SMILES string of the molecule is Cc1nc2nc([C@@H]3CCO[C@H](c4ccn(C5CC5)c(=O)c4)C3)c(=O)n(-c3ccc(Cl)cc3F)c2nc1C. The van der Waals surface area contributed by atoms with Gasteiger partial charge in [-0.1, -0.05) is 11.6 Å². The van der Waals surface area contributed by atoms with Crippen molar-refractivity contribution in [2.75, 3.05) is 6.61 Å². The zero-order valence-electron chi connectivity index (χ0n) is 20.4. The van der Waals surface area contributed by atoms with Crippen LogP contribution in [0.2, 0.25) is 5.02 Å². The Morgan fingerprint density at radius 1 is 1.03 bits per heavy atom. The van der Waals surface area contributed by atoms with Crippen LogP contribution in [-0.2, 0) is 4.74 Å². The third-order valence-electron chi connectivity index (χ3n) is 7.24. The number of benzene rings is 1. The molecule has 4 heterocycles. The van der Waals surface area contributed by atoms with Crippen LogP contribution in [0.25, 0.3) is 17.0 Å². The molecule has 1 aromatic carbocycles. The molecule has 0 radical (unpaired) electrons. The fourth-order valence-electron chi connectivity index (χ4n) is 4.97. The smallest absolute Gasteiger partial charge is 0.278 e. The summed E-state index contributed by atoms with van der Waals surface area (Å²) in [6.45, 7) is 3.99. The summed E-state index contributed by atoms with van der Waals surface area (Å²) in [4.78, 5) is 40.2. The number of nitrogens with zero attached hydrogens (tertiary/aromatic N) is 5. The Labute approximate surface area is 216 Å². The summed E-state index contributed by atoms with van der Waals surface area (Å²) in [6.07, 6.45) is 4.54. The molecule has 2 fully saturated rings. The lowest BCUT2D eigenvalue weighted by Crippen LogP contribution is -2.31. The average molecular weight is 522 g/mol. The van der Waals surface area contributed by atoms with Gasteiger partial charge in [-0.25, -0.2) is 19.3 Å². The van der Waals surface area contributed by atoms with E-state index in [2.05, 4.69) is 15.0 Å². The largest absolute Gasteiger partial charge is 0.373 e. The van der Waals surface area contributed by atoms with Gasteiger partial charge in [0.25, 0.3) is 11.1 Å². The summed E-state index contributed by atoms with van der Waals surface area (Å²) in [6, 6.07) is 7.99. The molecule has 0 N–H and O–H groups in total. The van der Waals surface area contributed by atoms with Crippen LogP contribution in [0.1, 0.15) is 66.4 Å². The molecular weight excluding hydrogens is 497 g/mol. The van der Waals surface area contributed by atoms with Gasteiger partial charge in [0.15, 0.2) is 11.3 Å². The number of fused-ring (bicyclic) bond motifs is 1. The van der Waals surface area contributed by atoms with Gasteiger partial charge < -0.3 is 9.30 Å². The Balaban J connectivity index is 1.45. The second-order valence-electron chi connectivity index (χ2n) is 9.79. The van der Waals surface area contributed by atoms with Crippen molar-refractivity contribution >= 4 is 22.9 Å². The van der Waals surface area contributed by atoms with Gasteiger partial charge in [-0.2, -0.15) is 0 Å². The topological polar surface area (TPSA) is 91.9 Å². The van der Waals surface area contributed by atoms with Gasteiger partial charge in [0.1, 0.15) is 11.5 Å². The zero-order valence-corrected chi connectivity index (χ0v) is 21.2. The fraction of sp³-hybridized carbons (Fsp3) is 0.370. The van der Waals surface area contributed by atoms with Crippen LogP contribution < -0.4 is 11.1 Å². The molecule has 3 aromatic heterocycles. The van der Waals surface area contributed by atoms with E-state index in [-0.39, 0.29) is 45.3 Å². The van der Waals surface area contributed by atoms with Crippen molar-refractivity contribution in [3.63, 3.8) is 0 Å². The molecule has 6 rings (SSSR count). The van der Waals surface area contributed by atoms with Gasteiger partial charge in [0.05, 0.1) is 23.2 Å². The molecule has 1 saturated heterocycles. The number of rotatable bonds is 4. The van der Waals surface area contributed by atoms with Gasteiger partial charge in [-0.05, 0) is 69.4 Å². The third kappa shape index (κ3) is 4.36. The van der Waals surface area contributed by atoms with Gasteiger partial charge in [-0.3, -0.25) is 14.2 Å². The number of ether oxygens (including phenoxy) is 1. The lowest BCUT2D eigenvalue weighted by molar-refractivity contribution is 0.00428. The van der Waals surface area contributed by atoms with E-state index < -0.39 is 11.4 Å². The highest BCUT2D eigenvalue weighted by Crippen LogP contribution is 2.37. The predicted octanol–water partition coefficient (Wildman–Crippen LogP) is 4.72. The molecule has 8 nitrogen and oxygen atoms in total. The van der Waals surface area contributed by atoms with Crippen molar-refractivity contribution in [2.45, 2.75) is 57.6 Å². The molecule has 37 heavy (non-hydrogen) atoms. The number of aryl methyl sites for hydroxylation is 2. The molecule has 0 amide bonds. The minimum Gasteiger partial charge on any atom is -0.373 e. The Morgan fingerprint density at radius 2 is 1.81 bits per heavy atom. The molecule has 2 atom stereocenters. The van der Waals surface area contributed by atoms with E-state index in [1.807, 2.05) is 19.2 Å². The van der Waals surface area contributed by atoms with Crippen molar-refractivity contribution in [1.82, 2.24) is 24.1 Å². The number of hydrogen-bond donors (Lipinski definition) is 0. The van der Waals surface area contributed by atoms with E-state index in [0.717, 1.165) is 24.5 Å². The van der Waals surface area contributed by atoms with E-state index in [9.17, 15) is 9.59 Å². The van der Waals surface area contributed by atoms with Crippen molar-refractivity contribution in [3.8, 4) is 5.69 Å². The summed E-state index contributed by atoms with van der Waals surface area (Å²) < 4.78 is 24.1. The van der Waals surface area contributed by atoms with E-state index >= 15 is 4.39 Å². The molecule has 0 bridgehead atoms. The molecule has 4 aromatic rings. The normalized spacial score (nSPS) is 19.9. The minimum atomic E-state index is -0.644. The Kier molecular flexibility index (Phi) is 5.92. The first-order valence-electron chi connectivity index (χ1n) is 12.4. The molecule has 190 valence electrons. The first-order valence-corrected chi connectivity index (χ1v) is 12.7. The predicted molar refractivity (Wildman–Crippen MR) is 137 cm³/mol. The summed E-state index contributed by atoms with van der Waals surface area (Å²) in [5.74, 6) is -0.916. The Bertz CT molecular complexity index is 1660. The monoisotopic (exact) mass is 521 g/mol. The highest BCUT2D eigenvalue weighted by molar-refractivity contribution is 6.30. The van der Waals surface area contributed by atoms with Crippen LogP contribution in [0.3, 0.4) is 0 Å². The van der Waals surface area contributed by atoms with Crippen molar-refractivity contribution < 1.29 is 9.13 Å². The first-order chi connectivity index (χ1) is 17.8. The van der Waals surface area contributed by atoms with Gasteiger partial charge in [-0.15, -0.1) is 0 Å². The van der Waals surface area contributed by atoms with E-state index in [0.29, 0.717) is 36.9 Å². The number of halogens is 2. The third-order valence-corrected chi connectivity index (χ3v) is 7.47. The van der Waals surface area contributed by atoms with E-state index in [4.69, 9.17) is 16.3 Å². The van der Waals surface area contributed by atoms with Crippen molar-refractivity contribution in [2.24, 2.45) is 0 Å². The molecular formula is C27H25ClFN5O3. The molecule has 0 spiro atoms. The highest BCUT2D eigenvalue weighted by atomic mass is 35.5. The number of pyridine rings is 1. The fourth-order valence-corrected chi connectivity index (χ4v) is 5.13. The van der Waals surface area contributed by atoms with Crippen molar-refractivity contribution in [1.29, 1.82) is 0 Å². The molecule has 0 unspecified atom stereocenters. The Hall–Kier alpha value is -3.43. The lowest BCUT2D eigenvalue weighted by Gasteiger charge is -2.29. The second kappa shape index (κ2) is 9.15. The molecule has 1 aliphatic carbocycles. The maximum absolute atomic E-state index is 15.0. The van der Waals surface area contributed by atoms with Gasteiger partial charge >= 0.3 is 0 Å². The van der Waals surface area contributed by atoms with Crippen LogP contribution in [0.5, 0.6) is 0 Å². The standard InChI is InChI=1S/C27H25ClFN5O3/c1-14-15(2)31-26-25(30-14)32-24(27(36)34(26)21-6-3-18(28)13-20(21)29)17-8-10-37-22(11-17)16-7-9-33(19-4-5-19)23(35)12-16/h3,6-7,9,12-13,17,19,22H,4-5,8,10-11H2,1-2H3/t17-,22+/m1/s1.